The highest BCUT2D eigenvalue weighted by Gasteiger charge is 2.43. The van der Waals surface area contributed by atoms with Crippen molar-refractivity contribution in [1.82, 2.24) is 0 Å². The molecule has 26 heavy (non-hydrogen) atoms. The number of carbonyl (C=O) groups excluding carboxylic acids is 1. The van der Waals surface area contributed by atoms with Crippen LogP contribution in [0.4, 0.5) is 5.69 Å². The predicted octanol–water partition coefficient (Wildman–Crippen LogP) is 5.99. The fourth-order valence-corrected chi connectivity index (χ4v) is 4.58. The van der Waals surface area contributed by atoms with E-state index in [-0.39, 0.29) is 11.3 Å². The first kappa shape index (κ1) is 16.9. The van der Waals surface area contributed by atoms with Crippen molar-refractivity contribution in [3.8, 4) is 11.5 Å². The zero-order valence-corrected chi connectivity index (χ0v) is 15.3. The molecule has 0 bridgehead atoms. The summed E-state index contributed by atoms with van der Waals surface area (Å²) in [6, 6.07) is 21.4. The Bertz CT molecular complexity index is 851. The zero-order valence-electron chi connectivity index (χ0n) is 14.5. The molecule has 4 heteroatoms. The van der Waals surface area contributed by atoms with Gasteiger partial charge in [0.1, 0.15) is 11.5 Å². The molecule has 0 unspecified atom stereocenters. The summed E-state index contributed by atoms with van der Waals surface area (Å²) >= 11 is 1.68. The number of hydrogen-bond acceptors (Lipinski definition) is 3. The molecule has 0 saturated heterocycles. The molecular weight excluding hydrogens is 342 g/mol. The van der Waals surface area contributed by atoms with Gasteiger partial charge in [-0.3, -0.25) is 4.79 Å². The molecule has 1 aliphatic carbocycles. The van der Waals surface area contributed by atoms with E-state index in [1.165, 1.54) is 4.88 Å². The maximum atomic E-state index is 13.1. The Labute approximate surface area is 157 Å². The van der Waals surface area contributed by atoms with E-state index in [0.29, 0.717) is 0 Å². The molecule has 0 radical (unpaired) electrons. The Morgan fingerprint density at radius 3 is 2.23 bits per heavy atom. The second kappa shape index (κ2) is 7.34. The summed E-state index contributed by atoms with van der Waals surface area (Å²) in [5.41, 5.74) is 0.436. The minimum absolute atomic E-state index is 0.106. The monoisotopic (exact) mass is 363 g/mol. The fraction of sp³-hybridized carbons (Fsp3) is 0.227. The van der Waals surface area contributed by atoms with Crippen LogP contribution in [0, 0.1) is 0 Å². The van der Waals surface area contributed by atoms with E-state index >= 15 is 0 Å². The standard InChI is InChI=1S/C22H21NO2S/c24-21(22(14-4-5-15-22)20-9-6-16-26-20)23-17-10-12-19(13-11-17)25-18-7-2-1-3-8-18/h1-3,6-13,16H,4-5,14-15H2,(H,23,24). The molecule has 3 nitrogen and oxygen atoms in total. The number of nitrogens with one attached hydrogen (secondary N) is 1. The maximum absolute atomic E-state index is 13.1. The molecule has 0 spiro atoms. The number of carbonyl (C=O) groups is 1. The van der Waals surface area contributed by atoms with E-state index in [2.05, 4.69) is 16.8 Å². The van der Waals surface area contributed by atoms with Gasteiger partial charge in [-0.1, -0.05) is 37.1 Å². The van der Waals surface area contributed by atoms with E-state index in [9.17, 15) is 4.79 Å². The third-order valence-electron chi connectivity index (χ3n) is 4.98. The molecule has 1 aromatic heterocycles. The van der Waals surface area contributed by atoms with Gasteiger partial charge in [-0.25, -0.2) is 0 Å². The molecule has 1 N–H and O–H groups in total. The second-order valence-electron chi connectivity index (χ2n) is 6.66. The van der Waals surface area contributed by atoms with Gasteiger partial charge in [0.15, 0.2) is 0 Å². The number of amides is 1. The van der Waals surface area contributed by atoms with Crippen molar-refractivity contribution < 1.29 is 9.53 Å². The van der Waals surface area contributed by atoms with Crippen LogP contribution in [0.2, 0.25) is 0 Å². The topological polar surface area (TPSA) is 38.3 Å². The Balaban J connectivity index is 1.47. The highest BCUT2D eigenvalue weighted by Crippen LogP contribution is 2.44. The van der Waals surface area contributed by atoms with Crippen LogP contribution in [0.25, 0.3) is 0 Å². The normalized spacial score (nSPS) is 15.5. The van der Waals surface area contributed by atoms with Crippen LogP contribution in [0.5, 0.6) is 11.5 Å². The van der Waals surface area contributed by atoms with Gasteiger partial charge < -0.3 is 10.1 Å². The number of benzene rings is 2. The van der Waals surface area contributed by atoms with Gasteiger partial charge >= 0.3 is 0 Å². The largest absolute Gasteiger partial charge is 0.457 e. The van der Waals surface area contributed by atoms with Crippen molar-refractivity contribution in [1.29, 1.82) is 0 Å². The molecule has 132 valence electrons. The van der Waals surface area contributed by atoms with Crippen molar-refractivity contribution in [2.75, 3.05) is 5.32 Å². The van der Waals surface area contributed by atoms with Gasteiger partial charge in [-0.2, -0.15) is 0 Å². The molecule has 0 atom stereocenters. The summed E-state index contributed by atoms with van der Waals surface area (Å²) in [6.07, 6.45) is 4.06. The van der Waals surface area contributed by atoms with Gasteiger partial charge in [0.25, 0.3) is 0 Å². The first-order chi connectivity index (χ1) is 12.8. The van der Waals surface area contributed by atoms with Gasteiger partial charge in [0, 0.05) is 10.6 Å². The van der Waals surface area contributed by atoms with E-state index in [1.807, 2.05) is 60.7 Å². The van der Waals surface area contributed by atoms with Crippen molar-refractivity contribution >= 4 is 22.9 Å². The smallest absolute Gasteiger partial charge is 0.235 e. The molecule has 1 amide bonds. The van der Waals surface area contributed by atoms with Crippen LogP contribution >= 0.6 is 11.3 Å². The van der Waals surface area contributed by atoms with Crippen LogP contribution in [-0.4, -0.2) is 5.91 Å². The molecule has 1 saturated carbocycles. The van der Waals surface area contributed by atoms with Crippen molar-refractivity contribution in [2.45, 2.75) is 31.1 Å². The average molecular weight is 363 g/mol. The molecule has 1 heterocycles. The molecule has 4 rings (SSSR count). The number of hydrogen-bond donors (Lipinski definition) is 1. The van der Waals surface area contributed by atoms with E-state index in [1.54, 1.807) is 11.3 Å². The second-order valence-corrected chi connectivity index (χ2v) is 7.61. The Kier molecular flexibility index (Phi) is 4.76. The van der Waals surface area contributed by atoms with Crippen LogP contribution in [0.3, 0.4) is 0 Å². The zero-order chi connectivity index (χ0) is 17.8. The summed E-state index contributed by atoms with van der Waals surface area (Å²) < 4.78 is 5.81. The number of rotatable bonds is 5. The first-order valence-electron chi connectivity index (χ1n) is 8.95. The minimum atomic E-state index is -0.368. The highest BCUT2D eigenvalue weighted by atomic mass is 32.1. The van der Waals surface area contributed by atoms with Crippen LogP contribution in [0.15, 0.2) is 72.1 Å². The molecule has 1 fully saturated rings. The Morgan fingerprint density at radius 2 is 1.58 bits per heavy atom. The lowest BCUT2D eigenvalue weighted by Crippen LogP contribution is -2.37. The van der Waals surface area contributed by atoms with Crippen molar-refractivity contribution in [3.05, 3.63) is 77.0 Å². The van der Waals surface area contributed by atoms with Crippen LogP contribution in [0.1, 0.15) is 30.6 Å². The molecule has 1 aliphatic rings. The number of thiophene rings is 1. The lowest BCUT2D eigenvalue weighted by atomic mass is 9.83. The summed E-state index contributed by atoms with van der Waals surface area (Å²) in [5, 5.41) is 5.17. The van der Waals surface area contributed by atoms with E-state index in [0.717, 1.165) is 42.9 Å². The van der Waals surface area contributed by atoms with Crippen LogP contribution < -0.4 is 10.1 Å². The van der Waals surface area contributed by atoms with Crippen LogP contribution in [-0.2, 0) is 10.2 Å². The van der Waals surface area contributed by atoms with Gasteiger partial charge in [-0.05, 0) is 60.7 Å². The van der Waals surface area contributed by atoms with Gasteiger partial charge in [0.05, 0.1) is 5.41 Å². The first-order valence-corrected chi connectivity index (χ1v) is 9.83. The molecule has 2 aromatic carbocycles. The molecule has 3 aromatic rings. The Hall–Kier alpha value is -2.59. The quantitative estimate of drug-likeness (QED) is 0.604. The SMILES string of the molecule is O=C(Nc1ccc(Oc2ccccc2)cc1)C1(c2cccs2)CCCC1. The summed E-state index contributed by atoms with van der Waals surface area (Å²) in [4.78, 5) is 14.3. The number of anilines is 1. The van der Waals surface area contributed by atoms with Crippen molar-refractivity contribution in [2.24, 2.45) is 0 Å². The summed E-state index contributed by atoms with van der Waals surface area (Å²) in [7, 11) is 0. The lowest BCUT2D eigenvalue weighted by Gasteiger charge is -2.26. The van der Waals surface area contributed by atoms with E-state index in [4.69, 9.17) is 4.74 Å². The highest BCUT2D eigenvalue weighted by molar-refractivity contribution is 7.10. The van der Waals surface area contributed by atoms with Gasteiger partial charge in [0.2, 0.25) is 5.91 Å². The third-order valence-corrected chi connectivity index (χ3v) is 6.05. The fourth-order valence-electron chi connectivity index (χ4n) is 3.60. The number of para-hydroxylation sites is 1. The van der Waals surface area contributed by atoms with Gasteiger partial charge in [-0.15, -0.1) is 11.3 Å². The molecular formula is C22H21NO2S. The summed E-state index contributed by atoms with van der Waals surface area (Å²) in [6.45, 7) is 0. The van der Waals surface area contributed by atoms with E-state index < -0.39 is 0 Å². The minimum Gasteiger partial charge on any atom is -0.457 e. The molecule has 0 aliphatic heterocycles. The lowest BCUT2D eigenvalue weighted by molar-refractivity contribution is -0.121. The number of ether oxygens (including phenoxy) is 1. The van der Waals surface area contributed by atoms with Crippen molar-refractivity contribution in [3.63, 3.8) is 0 Å². The maximum Gasteiger partial charge on any atom is 0.235 e. The summed E-state index contributed by atoms with van der Waals surface area (Å²) in [5.74, 6) is 1.66. The average Bonchev–Trinajstić information content (AvgIpc) is 3.37. The Morgan fingerprint density at radius 1 is 0.885 bits per heavy atom. The third kappa shape index (κ3) is 3.37. The predicted molar refractivity (Wildman–Crippen MR) is 106 cm³/mol.